The number of hydrogen-bond acceptors (Lipinski definition) is 2. The molecule has 3 rings (SSSR count). The summed E-state index contributed by atoms with van der Waals surface area (Å²) in [5.74, 6) is -0.135. The van der Waals surface area contributed by atoms with Crippen LogP contribution >= 0.6 is 38.5 Å². The average molecular weight is 453 g/mol. The first-order chi connectivity index (χ1) is 10.1. The van der Waals surface area contributed by atoms with E-state index < -0.39 is 0 Å². The number of halogens is 2. The van der Waals surface area contributed by atoms with Gasteiger partial charge < -0.3 is 5.32 Å². The van der Waals surface area contributed by atoms with Crippen molar-refractivity contribution < 1.29 is 4.79 Å². The van der Waals surface area contributed by atoms with Gasteiger partial charge in [-0.15, -0.1) is 0 Å². The van der Waals surface area contributed by atoms with Gasteiger partial charge >= 0.3 is 0 Å². The van der Waals surface area contributed by atoms with Crippen molar-refractivity contribution in [3.63, 3.8) is 0 Å². The van der Waals surface area contributed by atoms with E-state index in [0.717, 1.165) is 24.5 Å². The van der Waals surface area contributed by atoms with Crippen molar-refractivity contribution in [2.24, 2.45) is 0 Å². The summed E-state index contributed by atoms with van der Waals surface area (Å²) in [4.78, 5) is 16.6. The van der Waals surface area contributed by atoms with Crippen LogP contribution in [0.4, 0.5) is 5.69 Å². The van der Waals surface area contributed by atoms with Gasteiger partial charge in [-0.25, -0.2) is 0 Å². The molecule has 1 aromatic heterocycles. The zero-order valence-corrected chi connectivity index (χ0v) is 14.6. The van der Waals surface area contributed by atoms with Crippen LogP contribution in [0.25, 0.3) is 10.8 Å². The van der Waals surface area contributed by atoms with Crippen LogP contribution in [0.1, 0.15) is 10.4 Å². The maximum atomic E-state index is 12.5. The zero-order chi connectivity index (χ0) is 14.8. The Morgan fingerprint density at radius 2 is 2.05 bits per heavy atom. The minimum Gasteiger partial charge on any atom is -0.321 e. The molecule has 1 heterocycles. The standard InChI is InChI=1S/C16H10BrIN2O/c17-14-5-4-11(18)8-13(14)16(21)20-15-3-1-2-10-9-19-7-6-12(10)15/h1-9H,(H,20,21). The second-order valence-electron chi connectivity index (χ2n) is 4.48. The van der Waals surface area contributed by atoms with E-state index >= 15 is 0 Å². The molecule has 0 aliphatic rings. The molecule has 0 saturated heterocycles. The van der Waals surface area contributed by atoms with Crippen molar-refractivity contribution in [2.45, 2.75) is 0 Å². The number of fused-ring (bicyclic) bond motifs is 1. The summed E-state index contributed by atoms with van der Waals surface area (Å²) in [6.45, 7) is 0. The van der Waals surface area contributed by atoms with Gasteiger partial charge in [0.05, 0.1) is 5.56 Å². The fourth-order valence-electron chi connectivity index (χ4n) is 2.09. The number of carbonyl (C=O) groups is 1. The van der Waals surface area contributed by atoms with E-state index in [2.05, 4.69) is 48.8 Å². The Balaban J connectivity index is 1.99. The molecule has 0 unspecified atom stereocenters. The van der Waals surface area contributed by atoms with Gasteiger partial charge in [-0.2, -0.15) is 0 Å². The van der Waals surface area contributed by atoms with Crippen molar-refractivity contribution in [3.8, 4) is 0 Å². The summed E-state index contributed by atoms with van der Waals surface area (Å²) in [5, 5.41) is 4.94. The Kier molecular flexibility index (Phi) is 4.21. The minimum absolute atomic E-state index is 0.135. The Hall–Kier alpha value is -1.47. The van der Waals surface area contributed by atoms with Gasteiger partial charge in [0, 0.05) is 36.9 Å². The van der Waals surface area contributed by atoms with Gasteiger partial charge in [-0.05, 0) is 68.9 Å². The van der Waals surface area contributed by atoms with Crippen molar-refractivity contribution in [1.29, 1.82) is 0 Å². The summed E-state index contributed by atoms with van der Waals surface area (Å²) in [7, 11) is 0. The molecule has 5 heteroatoms. The number of nitrogens with zero attached hydrogens (tertiary/aromatic N) is 1. The maximum Gasteiger partial charge on any atom is 0.256 e. The molecule has 0 saturated carbocycles. The Morgan fingerprint density at radius 1 is 1.19 bits per heavy atom. The monoisotopic (exact) mass is 452 g/mol. The topological polar surface area (TPSA) is 42.0 Å². The maximum absolute atomic E-state index is 12.5. The Morgan fingerprint density at radius 3 is 2.90 bits per heavy atom. The molecule has 2 aromatic carbocycles. The highest BCUT2D eigenvalue weighted by Crippen LogP contribution is 2.25. The van der Waals surface area contributed by atoms with Crippen LogP contribution in [-0.4, -0.2) is 10.9 Å². The first kappa shape index (κ1) is 14.5. The largest absolute Gasteiger partial charge is 0.321 e. The molecule has 104 valence electrons. The van der Waals surface area contributed by atoms with Gasteiger partial charge in [0.25, 0.3) is 5.91 Å². The molecule has 0 aliphatic carbocycles. The van der Waals surface area contributed by atoms with Gasteiger partial charge in [0.1, 0.15) is 0 Å². The van der Waals surface area contributed by atoms with Crippen LogP contribution in [0.15, 0.2) is 59.3 Å². The third kappa shape index (κ3) is 3.08. The fourth-order valence-corrected chi connectivity index (χ4v) is 3.01. The molecule has 0 aliphatic heterocycles. The second-order valence-corrected chi connectivity index (χ2v) is 6.58. The Labute approximate surface area is 144 Å². The SMILES string of the molecule is O=C(Nc1cccc2cnccc12)c1cc(I)ccc1Br. The lowest BCUT2D eigenvalue weighted by Crippen LogP contribution is -2.13. The lowest BCUT2D eigenvalue weighted by atomic mass is 10.1. The van der Waals surface area contributed by atoms with E-state index in [1.807, 2.05) is 42.5 Å². The average Bonchev–Trinajstić information content (AvgIpc) is 2.50. The molecule has 1 N–H and O–H groups in total. The quantitative estimate of drug-likeness (QED) is 0.564. The lowest BCUT2D eigenvalue weighted by Gasteiger charge is -2.10. The molecule has 0 bridgehead atoms. The van der Waals surface area contributed by atoms with Crippen molar-refractivity contribution in [3.05, 3.63) is 68.5 Å². The molecule has 3 aromatic rings. The molecule has 0 fully saturated rings. The van der Waals surface area contributed by atoms with Crippen LogP contribution in [0.3, 0.4) is 0 Å². The van der Waals surface area contributed by atoms with Crippen molar-refractivity contribution in [1.82, 2.24) is 4.98 Å². The van der Waals surface area contributed by atoms with Crippen molar-refractivity contribution in [2.75, 3.05) is 5.32 Å². The van der Waals surface area contributed by atoms with Gasteiger partial charge in [-0.1, -0.05) is 12.1 Å². The number of benzene rings is 2. The number of amides is 1. The first-order valence-corrected chi connectivity index (χ1v) is 8.11. The van der Waals surface area contributed by atoms with Crippen LogP contribution in [-0.2, 0) is 0 Å². The fraction of sp³-hybridized carbons (Fsp3) is 0. The summed E-state index contributed by atoms with van der Waals surface area (Å²) in [6, 6.07) is 13.3. The predicted molar refractivity (Wildman–Crippen MR) is 96.6 cm³/mol. The number of aromatic nitrogens is 1. The highest BCUT2D eigenvalue weighted by Gasteiger charge is 2.12. The zero-order valence-electron chi connectivity index (χ0n) is 10.8. The van der Waals surface area contributed by atoms with E-state index in [4.69, 9.17) is 0 Å². The third-order valence-corrected chi connectivity index (χ3v) is 4.46. The number of hydrogen-bond donors (Lipinski definition) is 1. The number of anilines is 1. The summed E-state index contributed by atoms with van der Waals surface area (Å²) in [5.41, 5.74) is 1.40. The predicted octanol–water partition coefficient (Wildman–Crippen LogP) is 4.85. The van der Waals surface area contributed by atoms with Gasteiger partial charge in [0.15, 0.2) is 0 Å². The van der Waals surface area contributed by atoms with Crippen LogP contribution in [0.2, 0.25) is 0 Å². The van der Waals surface area contributed by atoms with Crippen LogP contribution in [0, 0.1) is 3.57 Å². The molecule has 3 nitrogen and oxygen atoms in total. The number of carbonyl (C=O) groups excluding carboxylic acids is 1. The highest BCUT2D eigenvalue weighted by atomic mass is 127. The molecule has 21 heavy (non-hydrogen) atoms. The minimum atomic E-state index is -0.135. The molecule has 1 amide bonds. The molecule has 0 radical (unpaired) electrons. The Bertz CT molecular complexity index is 830. The van der Waals surface area contributed by atoms with E-state index in [-0.39, 0.29) is 5.91 Å². The van der Waals surface area contributed by atoms with Gasteiger partial charge in [0.2, 0.25) is 0 Å². The number of nitrogens with one attached hydrogen (secondary N) is 1. The van der Waals surface area contributed by atoms with Crippen molar-refractivity contribution >= 4 is 60.9 Å². The third-order valence-electron chi connectivity index (χ3n) is 3.10. The van der Waals surface area contributed by atoms with E-state index in [1.54, 1.807) is 12.4 Å². The lowest BCUT2D eigenvalue weighted by molar-refractivity contribution is 0.102. The van der Waals surface area contributed by atoms with E-state index in [0.29, 0.717) is 5.56 Å². The molecular formula is C16H10BrIN2O. The van der Waals surface area contributed by atoms with E-state index in [1.165, 1.54) is 0 Å². The summed E-state index contributed by atoms with van der Waals surface area (Å²) in [6.07, 6.45) is 3.51. The summed E-state index contributed by atoms with van der Waals surface area (Å²) >= 11 is 5.61. The van der Waals surface area contributed by atoms with Crippen LogP contribution in [0.5, 0.6) is 0 Å². The molecule has 0 atom stereocenters. The normalized spacial score (nSPS) is 10.6. The second kappa shape index (κ2) is 6.11. The highest BCUT2D eigenvalue weighted by molar-refractivity contribution is 14.1. The van der Waals surface area contributed by atoms with E-state index in [9.17, 15) is 4.79 Å². The summed E-state index contributed by atoms with van der Waals surface area (Å²) < 4.78 is 1.80. The first-order valence-electron chi connectivity index (χ1n) is 6.24. The van der Waals surface area contributed by atoms with Gasteiger partial charge in [-0.3, -0.25) is 9.78 Å². The number of pyridine rings is 1. The molecule has 0 spiro atoms. The smallest absolute Gasteiger partial charge is 0.256 e. The van der Waals surface area contributed by atoms with Crippen LogP contribution < -0.4 is 5.32 Å². The number of rotatable bonds is 2. The molecular weight excluding hydrogens is 443 g/mol.